The first kappa shape index (κ1) is 22.0. The van der Waals surface area contributed by atoms with Crippen LogP contribution in [0.3, 0.4) is 0 Å². The third kappa shape index (κ3) is 6.39. The minimum absolute atomic E-state index is 0. The lowest BCUT2D eigenvalue weighted by Gasteiger charge is -2.30. The van der Waals surface area contributed by atoms with E-state index in [4.69, 9.17) is 14.2 Å². The van der Waals surface area contributed by atoms with E-state index >= 15 is 0 Å². The molecule has 1 atom stereocenters. The Labute approximate surface area is 179 Å². The fraction of sp³-hybridized carbons (Fsp3) is 0.632. The Morgan fingerprint density at radius 3 is 2.74 bits per heavy atom. The van der Waals surface area contributed by atoms with Crippen molar-refractivity contribution in [1.82, 2.24) is 15.1 Å². The van der Waals surface area contributed by atoms with E-state index in [9.17, 15) is 0 Å². The molecule has 0 aromatic heterocycles. The summed E-state index contributed by atoms with van der Waals surface area (Å²) < 4.78 is 16.2. The van der Waals surface area contributed by atoms with Crippen molar-refractivity contribution < 1.29 is 14.2 Å². The monoisotopic (exact) mass is 490 g/mol. The molecule has 0 amide bonds. The summed E-state index contributed by atoms with van der Waals surface area (Å²) in [6.07, 6.45) is 0. The number of ether oxygens (including phenoxy) is 3. The summed E-state index contributed by atoms with van der Waals surface area (Å²) in [6.45, 7) is 9.07. The van der Waals surface area contributed by atoms with Gasteiger partial charge in [-0.2, -0.15) is 0 Å². The van der Waals surface area contributed by atoms with Crippen molar-refractivity contribution in [3.63, 3.8) is 0 Å². The normalized spacial score (nSPS) is 18.0. The van der Waals surface area contributed by atoms with Gasteiger partial charge in [0.05, 0.1) is 13.2 Å². The molecule has 2 heterocycles. The van der Waals surface area contributed by atoms with E-state index < -0.39 is 0 Å². The maximum absolute atomic E-state index is 5.46. The lowest BCUT2D eigenvalue weighted by Crippen LogP contribution is -2.44. The standard InChI is InChI=1S/C19H30N4O3.HI/c1-15(12-23-6-8-24-9-7-23)11-21-19(20-2)22(3)13-16-4-5-17-18(10-16)26-14-25-17;/h4-5,10,15H,6-9,11-14H2,1-3H3,(H,20,21);1H. The van der Waals surface area contributed by atoms with Crippen LogP contribution in [0.1, 0.15) is 12.5 Å². The van der Waals surface area contributed by atoms with Gasteiger partial charge in [0.25, 0.3) is 0 Å². The summed E-state index contributed by atoms with van der Waals surface area (Å²) in [5.41, 5.74) is 1.17. The van der Waals surface area contributed by atoms with Gasteiger partial charge in [-0.25, -0.2) is 0 Å². The Kier molecular flexibility index (Phi) is 8.91. The van der Waals surface area contributed by atoms with Crippen LogP contribution in [-0.4, -0.2) is 76.0 Å². The van der Waals surface area contributed by atoms with Gasteiger partial charge in [0.15, 0.2) is 17.5 Å². The van der Waals surface area contributed by atoms with Crippen molar-refractivity contribution >= 4 is 29.9 Å². The molecule has 1 unspecified atom stereocenters. The lowest BCUT2D eigenvalue weighted by molar-refractivity contribution is 0.0320. The molecular weight excluding hydrogens is 459 g/mol. The minimum Gasteiger partial charge on any atom is -0.454 e. The van der Waals surface area contributed by atoms with E-state index in [1.807, 2.05) is 26.2 Å². The second-order valence-electron chi connectivity index (χ2n) is 6.99. The van der Waals surface area contributed by atoms with Crippen molar-refractivity contribution in [2.75, 3.05) is 60.3 Å². The summed E-state index contributed by atoms with van der Waals surface area (Å²) >= 11 is 0. The first-order valence-electron chi connectivity index (χ1n) is 9.26. The highest BCUT2D eigenvalue weighted by Crippen LogP contribution is 2.32. The molecule has 152 valence electrons. The number of nitrogens with one attached hydrogen (secondary N) is 1. The number of benzene rings is 1. The third-order valence-corrected chi connectivity index (χ3v) is 4.71. The fourth-order valence-corrected chi connectivity index (χ4v) is 3.33. The Hall–Kier alpha value is -1.26. The van der Waals surface area contributed by atoms with Crippen molar-refractivity contribution in [3.05, 3.63) is 23.8 Å². The predicted octanol–water partition coefficient (Wildman–Crippen LogP) is 2.01. The highest BCUT2D eigenvalue weighted by Gasteiger charge is 2.16. The average molecular weight is 490 g/mol. The van der Waals surface area contributed by atoms with Gasteiger partial charge in [-0.3, -0.25) is 9.89 Å². The zero-order valence-electron chi connectivity index (χ0n) is 16.4. The van der Waals surface area contributed by atoms with Crippen molar-refractivity contribution in [2.24, 2.45) is 10.9 Å². The van der Waals surface area contributed by atoms with Crippen molar-refractivity contribution in [1.29, 1.82) is 0 Å². The highest BCUT2D eigenvalue weighted by atomic mass is 127. The number of hydrogen-bond donors (Lipinski definition) is 1. The maximum Gasteiger partial charge on any atom is 0.231 e. The number of aliphatic imine (C=N–C) groups is 1. The molecule has 2 aliphatic rings. The lowest BCUT2D eigenvalue weighted by atomic mass is 10.1. The Balaban J connectivity index is 0.00000261. The number of hydrogen-bond acceptors (Lipinski definition) is 5. The minimum atomic E-state index is 0. The van der Waals surface area contributed by atoms with Crippen molar-refractivity contribution in [2.45, 2.75) is 13.5 Å². The van der Waals surface area contributed by atoms with Gasteiger partial charge < -0.3 is 24.4 Å². The average Bonchev–Trinajstić information content (AvgIpc) is 3.11. The smallest absolute Gasteiger partial charge is 0.231 e. The van der Waals surface area contributed by atoms with E-state index in [1.54, 1.807) is 0 Å². The summed E-state index contributed by atoms with van der Waals surface area (Å²) in [5.74, 6) is 3.08. The van der Waals surface area contributed by atoms with Gasteiger partial charge in [0, 0.05) is 46.8 Å². The molecule has 7 nitrogen and oxygen atoms in total. The molecule has 1 saturated heterocycles. The van der Waals surface area contributed by atoms with Gasteiger partial charge in [0.1, 0.15) is 0 Å². The molecule has 3 rings (SSSR count). The molecule has 0 aliphatic carbocycles. The largest absolute Gasteiger partial charge is 0.454 e. The van der Waals surface area contributed by atoms with Crippen LogP contribution in [0.25, 0.3) is 0 Å². The predicted molar refractivity (Wildman–Crippen MR) is 117 cm³/mol. The van der Waals surface area contributed by atoms with Crippen LogP contribution in [0.15, 0.2) is 23.2 Å². The van der Waals surface area contributed by atoms with Crippen LogP contribution in [0, 0.1) is 5.92 Å². The molecule has 8 heteroatoms. The Morgan fingerprint density at radius 1 is 1.26 bits per heavy atom. The Bertz CT molecular complexity index is 623. The fourth-order valence-electron chi connectivity index (χ4n) is 3.33. The topological polar surface area (TPSA) is 58.6 Å². The molecule has 0 spiro atoms. The zero-order chi connectivity index (χ0) is 18.4. The van der Waals surface area contributed by atoms with Crippen LogP contribution in [0.4, 0.5) is 0 Å². The number of nitrogens with zero attached hydrogens (tertiary/aromatic N) is 3. The van der Waals surface area contributed by atoms with E-state index in [1.165, 1.54) is 5.56 Å². The Morgan fingerprint density at radius 2 is 2.00 bits per heavy atom. The molecule has 1 aromatic rings. The van der Waals surface area contributed by atoms with Crippen LogP contribution in [0.5, 0.6) is 11.5 Å². The summed E-state index contributed by atoms with van der Waals surface area (Å²) in [4.78, 5) is 9.01. The second kappa shape index (κ2) is 10.9. The number of rotatable bonds is 6. The van der Waals surface area contributed by atoms with Crippen LogP contribution in [-0.2, 0) is 11.3 Å². The molecule has 1 N–H and O–H groups in total. The molecule has 0 saturated carbocycles. The summed E-state index contributed by atoms with van der Waals surface area (Å²) in [6, 6.07) is 6.07. The SMILES string of the molecule is CN=C(NCC(C)CN1CCOCC1)N(C)Cc1ccc2c(c1)OCO2.I. The number of morpholine rings is 1. The maximum atomic E-state index is 5.46. The quantitative estimate of drug-likeness (QED) is 0.374. The van der Waals surface area contributed by atoms with Gasteiger partial charge in [-0.15, -0.1) is 24.0 Å². The van der Waals surface area contributed by atoms with E-state index in [-0.39, 0.29) is 24.0 Å². The van der Waals surface area contributed by atoms with Crippen molar-refractivity contribution in [3.8, 4) is 11.5 Å². The first-order chi connectivity index (χ1) is 12.7. The molecule has 2 aliphatic heterocycles. The number of halogens is 1. The number of guanidine groups is 1. The van der Waals surface area contributed by atoms with Gasteiger partial charge in [-0.05, 0) is 23.6 Å². The van der Waals surface area contributed by atoms with E-state index in [2.05, 4.69) is 33.1 Å². The van der Waals surface area contributed by atoms with Gasteiger partial charge in [0.2, 0.25) is 6.79 Å². The molecular formula is C19H31IN4O3. The second-order valence-corrected chi connectivity index (χ2v) is 6.99. The van der Waals surface area contributed by atoms with Gasteiger partial charge in [-0.1, -0.05) is 13.0 Å². The molecule has 0 bridgehead atoms. The zero-order valence-corrected chi connectivity index (χ0v) is 18.8. The first-order valence-corrected chi connectivity index (χ1v) is 9.26. The third-order valence-electron chi connectivity index (χ3n) is 4.71. The number of fused-ring (bicyclic) bond motifs is 1. The van der Waals surface area contributed by atoms with Crippen LogP contribution in [0.2, 0.25) is 0 Å². The van der Waals surface area contributed by atoms with Crippen LogP contribution < -0.4 is 14.8 Å². The van der Waals surface area contributed by atoms with E-state index in [0.717, 1.165) is 63.4 Å². The van der Waals surface area contributed by atoms with E-state index in [0.29, 0.717) is 12.7 Å². The van der Waals surface area contributed by atoms with Crippen LogP contribution >= 0.6 is 24.0 Å². The summed E-state index contributed by atoms with van der Waals surface area (Å²) in [7, 11) is 3.87. The molecule has 1 aromatic carbocycles. The van der Waals surface area contributed by atoms with Gasteiger partial charge >= 0.3 is 0 Å². The molecule has 0 radical (unpaired) electrons. The molecule has 1 fully saturated rings. The highest BCUT2D eigenvalue weighted by molar-refractivity contribution is 14.0. The summed E-state index contributed by atoms with van der Waals surface area (Å²) in [5, 5.41) is 3.49. The molecule has 27 heavy (non-hydrogen) atoms.